The summed E-state index contributed by atoms with van der Waals surface area (Å²) in [5, 5.41) is 4.48. The number of nitrogens with one attached hydrogen (secondary N) is 3. The zero-order valence-electron chi connectivity index (χ0n) is 17.8. The number of thiocarbonyl (C=S) groups is 1. The van der Waals surface area contributed by atoms with Gasteiger partial charge in [-0.25, -0.2) is 10.2 Å². The minimum absolute atomic E-state index is 0.275. The molecule has 8 heteroatoms. The number of rotatable bonds is 7. The Kier molecular flexibility index (Phi) is 7.39. The van der Waals surface area contributed by atoms with Gasteiger partial charge in [-0.3, -0.25) is 5.43 Å². The lowest BCUT2D eigenvalue weighted by molar-refractivity contribution is 0.0526. The molecular formula is C25H22BrN3O3S. The van der Waals surface area contributed by atoms with Gasteiger partial charge in [0.25, 0.3) is 0 Å². The SMILES string of the molecule is CCOC(=O)c1ccc(NC(=S)NN[C@@H](c2ccccc2)c2cc3cc(Br)ccc3o2)cc1. The average molecular weight is 524 g/mol. The second-order valence-corrected chi connectivity index (χ2v) is 8.52. The number of hydrogen-bond acceptors (Lipinski definition) is 5. The van der Waals surface area contributed by atoms with Crippen LogP contribution in [0.5, 0.6) is 0 Å². The van der Waals surface area contributed by atoms with Crippen LogP contribution in [0.1, 0.15) is 34.6 Å². The summed E-state index contributed by atoms with van der Waals surface area (Å²) in [7, 11) is 0. The maximum Gasteiger partial charge on any atom is 0.338 e. The third-order valence-electron chi connectivity index (χ3n) is 4.90. The van der Waals surface area contributed by atoms with Crippen molar-refractivity contribution in [1.29, 1.82) is 0 Å². The van der Waals surface area contributed by atoms with Gasteiger partial charge in [-0.15, -0.1) is 0 Å². The monoisotopic (exact) mass is 523 g/mol. The predicted molar refractivity (Wildman–Crippen MR) is 137 cm³/mol. The van der Waals surface area contributed by atoms with Crippen LogP contribution in [0.2, 0.25) is 0 Å². The quantitative estimate of drug-likeness (QED) is 0.157. The maximum absolute atomic E-state index is 11.8. The van der Waals surface area contributed by atoms with E-state index in [1.807, 2.05) is 54.6 Å². The highest BCUT2D eigenvalue weighted by Gasteiger charge is 2.19. The van der Waals surface area contributed by atoms with Crippen molar-refractivity contribution in [2.75, 3.05) is 11.9 Å². The molecule has 0 fully saturated rings. The number of esters is 1. The van der Waals surface area contributed by atoms with Gasteiger partial charge in [-0.1, -0.05) is 46.3 Å². The van der Waals surface area contributed by atoms with Crippen molar-refractivity contribution >= 4 is 55.9 Å². The maximum atomic E-state index is 11.8. The molecule has 168 valence electrons. The summed E-state index contributed by atoms with van der Waals surface area (Å²) >= 11 is 8.95. The van der Waals surface area contributed by atoms with E-state index in [1.54, 1.807) is 31.2 Å². The van der Waals surface area contributed by atoms with Crippen LogP contribution in [0, 0.1) is 0 Å². The Balaban J connectivity index is 1.46. The topological polar surface area (TPSA) is 75.5 Å². The van der Waals surface area contributed by atoms with Gasteiger partial charge < -0.3 is 14.5 Å². The summed E-state index contributed by atoms with van der Waals surface area (Å²) < 4.78 is 12.1. The number of hydrazine groups is 1. The molecular weight excluding hydrogens is 502 g/mol. The molecule has 3 N–H and O–H groups in total. The highest BCUT2D eigenvalue weighted by Crippen LogP contribution is 2.29. The van der Waals surface area contributed by atoms with Gasteiger partial charge in [0.05, 0.1) is 12.2 Å². The van der Waals surface area contributed by atoms with Gasteiger partial charge >= 0.3 is 5.97 Å². The van der Waals surface area contributed by atoms with Crippen molar-refractivity contribution in [2.45, 2.75) is 13.0 Å². The van der Waals surface area contributed by atoms with Crippen LogP contribution in [0.25, 0.3) is 11.0 Å². The van der Waals surface area contributed by atoms with Gasteiger partial charge in [0.15, 0.2) is 5.11 Å². The fourth-order valence-corrected chi connectivity index (χ4v) is 3.90. The Bertz CT molecular complexity index is 1260. The van der Waals surface area contributed by atoms with Gasteiger partial charge in [0, 0.05) is 15.5 Å². The molecule has 0 amide bonds. The van der Waals surface area contributed by atoms with E-state index in [2.05, 4.69) is 32.1 Å². The minimum atomic E-state index is -0.352. The molecule has 4 aromatic rings. The van der Waals surface area contributed by atoms with Crippen molar-refractivity contribution in [2.24, 2.45) is 0 Å². The molecule has 0 bridgehead atoms. The third kappa shape index (κ3) is 5.78. The van der Waals surface area contributed by atoms with Crippen LogP contribution >= 0.6 is 28.1 Å². The van der Waals surface area contributed by atoms with Crippen molar-refractivity contribution in [3.05, 3.63) is 100 Å². The first-order chi connectivity index (χ1) is 16.0. The molecule has 0 saturated carbocycles. The van der Waals surface area contributed by atoms with E-state index >= 15 is 0 Å². The standard InChI is InChI=1S/C25H22BrN3O3S/c1-2-31-24(30)17-8-11-20(12-9-17)27-25(33)29-28-23(16-6-4-3-5-7-16)22-15-18-14-19(26)10-13-21(18)32-22/h3-15,23,28H,2H2,1H3,(H2,27,29,33)/t23-/m0/s1. The number of furan rings is 1. The van der Waals surface area contributed by atoms with Crippen LogP contribution in [0.15, 0.2) is 87.8 Å². The number of carbonyl (C=O) groups excluding carboxylic acids is 1. The van der Waals surface area contributed by atoms with Gasteiger partial charge in [0.2, 0.25) is 0 Å². The van der Waals surface area contributed by atoms with E-state index < -0.39 is 0 Å². The Morgan fingerprint density at radius 1 is 1.06 bits per heavy atom. The summed E-state index contributed by atoms with van der Waals surface area (Å²) in [5.74, 6) is 0.401. The van der Waals surface area contributed by atoms with Crippen molar-refractivity contribution in [3.63, 3.8) is 0 Å². The number of carbonyl (C=O) groups is 1. The first kappa shape index (κ1) is 23.0. The molecule has 0 aliphatic rings. The Hall–Kier alpha value is -3.20. The van der Waals surface area contributed by atoms with Crippen LogP contribution in [-0.2, 0) is 4.74 Å². The van der Waals surface area contributed by atoms with Crippen LogP contribution in [0.3, 0.4) is 0 Å². The fraction of sp³-hybridized carbons (Fsp3) is 0.120. The zero-order chi connectivity index (χ0) is 23.2. The number of anilines is 1. The summed E-state index contributed by atoms with van der Waals surface area (Å²) in [6.07, 6.45) is 0. The van der Waals surface area contributed by atoms with Crippen molar-refractivity contribution in [3.8, 4) is 0 Å². The first-order valence-corrected chi connectivity index (χ1v) is 11.6. The minimum Gasteiger partial charge on any atom is -0.462 e. The Labute approximate surface area is 205 Å². The largest absolute Gasteiger partial charge is 0.462 e. The number of ether oxygens (including phenoxy) is 1. The van der Waals surface area contributed by atoms with E-state index in [1.165, 1.54) is 0 Å². The lowest BCUT2D eigenvalue weighted by atomic mass is 10.1. The van der Waals surface area contributed by atoms with Crippen molar-refractivity contribution in [1.82, 2.24) is 10.9 Å². The Morgan fingerprint density at radius 2 is 1.82 bits per heavy atom. The molecule has 33 heavy (non-hydrogen) atoms. The van der Waals surface area contributed by atoms with E-state index in [0.717, 1.165) is 32.5 Å². The smallest absolute Gasteiger partial charge is 0.338 e. The molecule has 1 heterocycles. The zero-order valence-corrected chi connectivity index (χ0v) is 20.2. The normalized spacial score (nSPS) is 11.7. The highest BCUT2D eigenvalue weighted by atomic mass is 79.9. The van der Waals surface area contributed by atoms with E-state index in [4.69, 9.17) is 21.4 Å². The molecule has 3 aromatic carbocycles. The van der Waals surface area contributed by atoms with Crippen LogP contribution < -0.4 is 16.2 Å². The molecule has 0 radical (unpaired) electrons. The molecule has 1 aromatic heterocycles. The molecule has 0 saturated heterocycles. The van der Waals surface area contributed by atoms with E-state index in [-0.39, 0.29) is 12.0 Å². The lowest BCUT2D eigenvalue weighted by Crippen LogP contribution is -2.42. The molecule has 0 unspecified atom stereocenters. The molecule has 4 rings (SSSR count). The van der Waals surface area contributed by atoms with Gasteiger partial charge in [-0.2, -0.15) is 0 Å². The third-order valence-corrected chi connectivity index (χ3v) is 5.60. The van der Waals surface area contributed by atoms with Crippen LogP contribution in [-0.4, -0.2) is 17.7 Å². The highest BCUT2D eigenvalue weighted by molar-refractivity contribution is 9.10. The molecule has 0 aliphatic carbocycles. The number of hydrogen-bond donors (Lipinski definition) is 3. The van der Waals surface area contributed by atoms with E-state index in [0.29, 0.717) is 17.3 Å². The second-order valence-electron chi connectivity index (χ2n) is 7.20. The Morgan fingerprint density at radius 3 is 2.55 bits per heavy atom. The molecule has 0 aliphatic heterocycles. The summed E-state index contributed by atoms with van der Waals surface area (Å²) in [6.45, 7) is 2.11. The fourth-order valence-electron chi connectivity index (χ4n) is 3.35. The predicted octanol–water partition coefficient (Wildman–Crippen LogP) is 5.95. The molecule has 6 nitrogen and oxygen atoms in total. The van der Waals surface area contributed by atoms with E-state index in [9.17, 15) is 4.79 Å². The summed E-state index contributed by atoms with van der Waals surface area (Å²) in [4.78, 5) is 11.8. The number of benzene rings is 3. The summed E-state index contributed by atoms with van der Waals surface area (Å²) in [6, 6.07) is 24.5. The lowest BCUT2D eigenvalue weighted by Gasteiger charge is -2.19. The molecule has 0 spiro atoms. The second kappa shape index (κ2) is 10.6. The molecule has 1 atom stereocenters. The summed E-state index contributed by atoms with van der Waals surface area (Å²) in [5.41, 5.74) is 9.36. The van der Waals surface area contributed by atoms with Gasteiger partial charge in [0.1, 0.15) is 17.4 Å². The first-order valence-electron chi connectivity index (χ1n) is 10.4. The average Bonchev–Trinajstić information content (AvgIpc) is 3.23. The number of halogens is 1. The van der Waals surface area contributed by atoms with Gasteiger partial charge in [-0.05, 0) is 73.2 Å². The van der Waals surface area contributed by atoms with Crippen molar-refractivity contribution < 1.29 is 13.9 Å². The number of fused-ring (bicyclic) bond motifs is 1. The van der Waals surface area contributed by atoms with Crippen LogP contribution in [0.4, 0.5) is 5.69 Å².